The van der Waals surface area contributed by atoms with Crippen molar-refractivity contribution in [3.8, 4) is 0 Å². The first-order valence-corrected chi connectivity index (χ1v) is 12.5. The van der Waals surface area contributed by atoms with Crippen LogP contribution in [0, 0.1) is 0 Å². The molecule has 0 unspecified atom stereocenters. The summed E-state index contributed by atoms with van der Waals surface area (Å²) in [6.45, 7) is 4.73. The summed E-state index contributed by atoms with van der Waals surface area (Å²) in [6.07, 6.45) is 19.3. The van der Waals surface area contributed by atoms with Gasteiger partial charge in [-0.15, -0.1) is 6.58 Å². The minimum absolute atomic E-state index is 0.0443. The Morgan fingerprint density at radius 2 is 1.17 bits per heavy atom. The molecule has 1 heterocycles. The van der Waals surface area contributed by atoms with Crippen molar-refractivity contribution in [3.63, 3.8) is 0 Å². The van der Waals surface area contributed by atoms with E-state index >= 15 is 0 Å². The average molecular weight is 429 g/mol. The number of aliphatic hydroxyl groups excluding tert-OH is 3. The molecular formula is C25H48O5. The van der Waals surface area contributed by atoms with Crippen molar-refractivity contribution in [2.45, 2.75) is 127 Å². The van der Waals surface area contributed by atoms with Gasteiger partial charge >= 0.3 is 0 Å². The van der Waals surface area contributed by atoms with Crippen molar-refractivity contribution in [2.24, 2.45) is 0 Å². The molecule has 1 aliphatic rings. The maximum absolute atomic E-state index is 9.84. The summed E-state index contributed by atoms with van der Waals surface area (Å²) in [5.41, 5.74) is 0. The lowest BCUT2D eigenvalue weighted by Crippen LogP contribution is -2.54. The van der Waals surface area contributed by atoms with Crippen LogP contribution in [0.25, 0.3) is 0 Å². The van der Waals surface area contributed by atoms with Gasteiger partial charge in [-0.05, 0) is 19.3 Å². The monoisotopic (exact) mass is 428 g/mol. The zero-order valence-corrected chi connectivity index (χ0v) is 19.2. The molecule has 5 nitrogen and oxygen atoms in total. The van der Waals surface area contributed by atoms with Gasteiger partial charge in [0.15, 0.2) is 0 Å². The molecule has 5 heteroatoms. The Balaban J connectivity index is 1.74. The zero-order valence-electron chi connectivity index (χ0n) is 19.2. The molecule has 0 radical (unpaired) electrons. The number of allylic oxidation sites excluding steroid dienone is 1. The topological polar surface area (TPSA) is 79.2 Å². The highest BCUT2D eigenvalue weighted by Crippen LogP contribution is 2.16. The Bertz CT molecular complexity index is 390. The average Bonchev–Trinajstić information content (AvgIpc) is 2.75. The summed E-state index contributed by atoms with van der Waals surface area (Å²) in [6, 6.07) is 0. The Kier molecular flexibility index (Phi) is 17.7. The molecule has 1 fully saturated rings. The fourth-order valence-electron chi connectivity index (χ4n) is 4.00. The van der Waals surface area contributed by atoms with E-state index in [-0.39, 0.29) is 13.2 Å². The van der Waals surface area contributed by atoms with Gasteiger partial charge in [-0.1, -0.05) is 89.5 Å². The number of aliphatic hydroxyl groups is 3. The van der Waals surface area contributed by atoms with Gasteiger partial charge in [0.05, 0.1) is 13.2 Å². The van der Waals surface area contributed by atoms with Crippen molar-refractivity contribution in [3.05, 3.63) is 12.7 Å². The number of hydrogen-bond acceptors (Lipinski definition) is 5. The molecule has 0 aromatic rings. The molecule has 0 aromatic carbocycles. The maximum atomic E-state index is 9.84. The molecule has 1 rings (SSSR count). The van der Waals surface area contributed by atoms with Crippen molar-refractivity contribution in [1.82, 2.24) is 0 Å². The molecule has 0 amide bonds. The smallest absolute Gasteiger partial charge is 0.111 e. The predicted molar refractivity (Wildman–Crippen MR) is 123 cm³/mol. The highest BCUT2D eigenvalue weighted by molar-refractivity contribution is 4.86. The van der Waals surface area contributed by atoms with Gasteiger partial charge in [-0.2, -0.15) is 0 Å². The summed E-state index contributed by atoms with van der Waals surface area (Å²) in [5, 5.41) is 28.9. The minimum Gasteiger partial charge on any atom is -0.388 e. The normalized spacial score (nSPS) is 24.2. The molecule has 0 bridgehead atoms. The lowest BCUT2D eigenvalue weighted by Gasteiger charge is -2.35. The van der Waals surface area contributed by atoms with Gasteiger partial charge in [-0.25, -0.2) is 0 Å². The van der Waals surface area contributed by atoms with E-state index in [1.54, 1.807) is 0 Å². The van der Waals surface area contributed by atoms with E-state index < -0.39 is 24.4 Å². The quantitative estimate of drug-likeness (QED) is 0.190. The van der Waals surface area contributed by atoms with Crippen molar-refractivity contribution in [2.75, 3.05) is 19.8 Å². The van der Waals surface area contributed by atoms with Gasteiger partial charge in [0.25, 0.3) is 0 Å². The third kappa shape index (κ3) is 13.8. The van der Waals surface area contributed by atoms with Crippen molar-refractivity contribution in [1.29, 1.82) is 0 Å². The molecule has 178 valence electrons. The van der Waals surface area contributed by atoms with Gasteiger partial charge in [0, 0.05) is 6.61 Å². The highest BCUT2D eigenvalue weighted by atomic mass is 16.6. The fraction of sp³-hybridized carbons (Fsp3) is 0.920. The standard InChI is InChI=1S/C25H48O5/c1-2-3-4-5-6-7-8-9-10-11-12-13-14-15-16-17-18-19-29-21-23-25(28)24(27)22(26)20-30-23/h2,22-28H,1,3-21H2/t22-,23+,24+,25+/m0/s1. The van der Waals surface area contributed by atoms with Gasteiger partial charge in [0.2, 0.25) is 0 Å². The van der Waals surface area contributed by atoms with Crippen LogP contribution in [0.1, 0.15) is 103 Å². The molecular weight excluding hydrogens is 380 g/mol. The van der Waals surface area contributed by atoms with E-state index in [0.29, 0.717) is 6.61 Å². The SMILES string of the molecule is C=CCCCCCCCCCCCCCCCCCOC[C@H]1OC[C@H](O)[C@@H](O)[C@@H]1O. The second kappa shape index (κ2) is 19.2. The molecule has 1 saturated heterocycles. The number of hydrogen-bond donors (Lipinski definition) is 3. The van der Waals surface area contributed by atoms with E-state index in [9.17, 15) is 15.3 Å². The molecule has 30 heavy (non-hydrogen) atoms. The molecule has 0 spiro atoms. The van der Waals surface area contributed by atoms with Gasteiger partial charge in [-0.3, -0.25) is 0 Å². The van der Waals surface area contributed by atoms with Crippen LogP contribution in [-0.2, 0) is 9.47 Å². The fourth-order valence-corrected chi connectivity index (χ4v) is 4.00. The molecule has 0 aromatic heterocycles. The number of unbranched alkanes of at least 4 members (excludes halogenated alkanes) is 15. The third-order valence-corrected chi connectivity index (χ3v) is 6.09. The molecule has 3 N–H and O–H groups in total. The summed E-state index contributed by atoms with van der Waals surface area (Å²) in [4.78, 5) is 0. The van der Waals surface area contributed by atoms with Crippen molar-refractivity contribution < 1.29 is 24.8 Å². The van der Waals surface area contributed by atoms with Crippen LogP contribution in [0.4, 0.5) is 0 Å². The van der Waals surface area contributed by atoms with Crippen LogP contribution < -0.4 is 0 Å². The van der Waals surface area contributed by atoms with Gasteiger partial charge in [0.1, 0.15) is 24.4 Å². The van der Waals surface area contributed by atoms with E-state index in [2.05, 4.69) is 6.58 Å². The Morgan fingerprint density at radius 3 is 1.67 bits per heavy atom. The first-order valence-electron chi connectivity index (χ1n) is 12.5. The van der Waals surface area contributed by atoms with Crippen LogP contribution in [0.5, 0.6) is 0 Å². The lowest BCUT2D eigenvalue weighted by molar-refractivity contribution is -0.199. The second-order valence-electron chi connectivity index (χ2n) is 8.88. The summed E-state index contributed by atoms with van der Waals surface area (Å²) < 4.78 is 10.9. The highest BCUT2D eigenvalue weighted by Gasteiger charge is 2.37. The third-order valence-electron chi connectivity index (χ3n) is 6.09. The lowest BCUT2D eigenvalue weighted by atomic mass is 10.0. The predicted octanol–water partition coefficient (Wildman–Crippen LogP) is 4.91. The second-order valence-corrected chi connectivity index (χ2v) is 8.88. The van der Waals surface area contributed by atoms with Crippen LogP contribution in [-0.4, -0.2) is 59.6 Å². The van der Waals surface area contributed by atoms with Crippen molar-refractivity contribution >= 4 is 0 Å². The van der Waals surface area contributed by atoms with E-state index in [4.69, 9.17) is 9.47 Å². The minimum atomic E-state index is -1.15. The zero-order chi connectivity index (χ0) is 21.9. The Morgan fingerprint density at radius 1 is 0.700 bits per heavy atom. The number of ether oxygens (including phenoxy) is 2. The van der Waals surface area contributed by atoms with Crippen LogP contribution in [0.2, 0.25) is 0 Å². The van der Waals surface area contributed by atoms with Crippen LogP contribution >= 0.6 is 0 Å². The van der Waals surface area contributed by atoms with Crippen LogP contribution in [0.3, 0.4) is 0 Å². The van der Waals surface area contributed by atoms with Crippen LogP contribution in [0.15, 0.2) is 12.7 Å². The molecule has 1 aliphatic heterocycles. The summed E-state index contributed by atoms with van der Waals surface area (Å²) in [7, 11) is 0. The summed E-state index contributed by atoms with van der Waals surface area (Å²) in [5.74, 6) is 0. The van der Waals surface area contributed by atoms with Gasteiger partial charge < -0.3 is 24.8 Å². The molecule has 4 atom stereocenters. The molecule has 0 aliphatic carbocycles. The van der Waals surface area contributed by atoms with E-state index in [0.717, 1.165) is 6.42 Å². The molecule has 0 saturated carbocycles. The summed E-state index contributed by atoms with van der Waals surface area (Å²) >= 11 is 0. The first-order chi connectivity index (χ1) is 14.7. The maximum Gasteiger partial charge on any atom is 0.111 e. The number of rotatable bonds is 20. The van der Waals surface area contributed by atoms with E-state index in [1.807, 2.05) is 6.08 Å². The largest absolute Gasteiger partial charge is 0.388 e. The van der Waals surface area contributed by atoms with E-state index in [1.165, 1.54) is 96.3 Å². The first kappa shape index (κ1) is 27.6. The Labute approximate surface area is 184 Å². The Hall–Kier alpha value is -0.460.